The summed E-state index contributed by atoms with van der Waals surface area (Å²) < 4.78 is 5.82. The van der Waals surface area contributed by atoms with Gasteiger partial charge in [-0.3, -0.25) is 4.79 Å². The Morgan fingerprint density at radius 3 is 2.64 bits per heavy atom. The highest BCUT2D eigenvalue weighted by Gasteiger charge is 2.21. The highest BCUT2D eigenvalue weighted by atomic mass is 35.5. The van der Waals surface area contributed by atoms with Crippen molar-refractivity contribution >= 4 is 18.3 Å². The Balaban J connectivity index is 0.00000242. The van der Waals surface area contributed by atoms with Gasteiger partial charge in [0.15, 0.2) is 0 Å². The van der Waals surface area contributed by atoms with E-state index in [9.17, 15) is 4.79 Å². The van der Waals surface area contributed by atoms with Crippen molar-refractivity contribution in [3.63, 3.8) is 0 Å². The summed E-state index contributed by atoms with van der Waals surface area (Å²) in [5.74, 6) is 0.120. The molecule has 0 spiro atoms. The summed E-state index contributed by atoms with van der Waals surface area (Å²) >= 11 is 0. The lowest BCUT2D eigenvalue weighted by atomic mass is 10.1. The lowest BCUT2D eigenvalue weighted by molar-refractivity contribution is 0.0432. The number of hydrogen-bond acceptors (Lipinski definition) is 3. The second-order valence-electron chi connectivity index (χ2n) is 5.62. The molecule has 22 heavy (non-hydrogen) atoms. The fraction of sp³-hybridized carbons (Fsp3) is 0.588. The first-order chi connectivity index (χ1) is 10.2. The summed E-state index contributed by atoms with van der Waals surface area (Å²) in [6.45, 7) is 5.06. The predicted molar refractivity (Wildman–Crippen MR) is 91.4 cm³/mol. The lowest BCUT2D eigenvalue weighted by Gasteiger charge is -2.21. The SMILES string of the molecule is CCCOC1CCCN(C(=O)c2ccc(CN)cc2)CC1.Cl. The maximum Gasteiger partial charge on any atom is 0.253 e. The number of likely N-dealkylation sites (tertiary alicyclic amines) is 1. The van der Waals surface area contributed by atoms with Crippen molar-refractivity contribution in [2.24, 2.45) is 5.73 Å². The number of carbonyl (C=O) groups excluding carboxylic acids is 1. The number of halogens is 1. The maximum absolute atomic E-state index is 12.5. The average molecular weight is 327 g/mol. The molecule has 1 unspecified atom stereocenters. The molecule has 0 saturated carbocycles. The molecule has 1 atom stereocenters. The van der Waals surface area contributed by atoms with Crippen molar-refractivity contribution in [3.8, 4) is 0 Å². The van der Waals surface area contributed by atoms with E-state index in [0.717, 1.165) is 56.5 Å². The molecular weight excluding hydrogens is 300 g/mol. The van der Waals surface area contributed by atoms with Gasteiger partial charge in [0.1, 0.15) is 0 Å². The van der Waals surface area contributed by atoms with Crippen LogP contribution < -0.4 is 5.73 Å². The molecule has 2 N–H and O–H groups in total. The van der Waals surface area contributed by atoms with E-state index in [4.69, 9.17) is 10.5 Å². The van der Waals surface area contributed by atoms with Gasteiger partial charge in [0, 0.05) is 31.8 Å². The van der Waals surface area contributed by atoms with Crippen LogP contribution in [0.3, 0.4) is 0 Å². The monoisotopic (exact) mass is 326 g/mol. The van der Waals surface area contributed by atoms with Crippen LogP contribution >= 0.6 is 12.4 Å². The Morgan fingerprint density at radius 1 is 1.27 bits per heavy atom. The molecular formula is C17H27ClN2O2. The van der Waals surface area contributed by atoms with Gasteiger partial charge in [-0.25, -0.2) is 0 Å². The second-order valence-corrected chi connectivity index (χ2v) is 5.62. The molecule has 124 valence electrons. The molecule has 4 nitrogen and oxygen atoms in total. The molecule has 0 aromatic heterocycles. The summed E-state index contributed by atoms with van der Waals surface area (Å²) in [6.07, 6.45) is 4.36. The highest BCUT2D eigenvalue weighted by molar-refractivity contribution is 5.94. The topological polar surface area (TPSA) is 55.6 Å². The first kappa shape index (κ1) is 18.9. The molecule has 1 saturated heterocycles. The zero-order valence-electron chi connectivity index (χ0n) is 13.3. The van der Waals surface area contributed by atoms with Crippen LogP contribution in [0.5, 0.6) is 0 Å². The quantitative estimate of drug-likeness (QED) is 0.905. The predicted octanol–water partition coefficient (Wildman–Crippen LogP) is 2.99. The van der Waals surface area contributed by atoms with E-state index in [1.165, 1.54) is 0 Å². The van der Waals surface area contributed by atoms with E-state index >= 15 is 0 Å². The molecule has 5 heteroatoms. The Labute approximate surface area is 139 Å². The minimum absolute atomic E-state index is 0. The number of nitrogens with two attached hydrogens (primary N) is 1. The Morgan fingerprint density at radius 2 is 2.00 bits per heavy atom. The van der Waals surface area contributed by atoms with Crippen LogP contribution in [0.25, 0.3) is 0 Å². The number of nitrogens with zero attached hydrogens (tertiary/aromatic N) is 1. The van der Waals surface area contributed by atoms with Crippen LogP contribution in [0, 0.1) is 0 Å². The van der Waals surface area contributed by atoms with Crippen molar-refractivity contribution < 1.29 is 9.53 Å². The summed E-state index contributed by atoms with van der Waals surface area (Å²) in [5.41, 5.74) is 7.39. The number of carbonyl (C=O) groups is 1. The van der Waals surface area contributed by atoms with Crippen LogP contribution in [-0.2, 0) is 11.3 Å². The van der Waals surface area contributed by atoms with Gasteiger partial charge in [-0.15, -0.1) is 12.4 Å². The van der Waals surface area contributed by atoms with E-state index < -0.39 is 0 Å². The molecule has 0 radical (unpaired) electrons. The van der Waals surface area contributed by atoms with Crippen molar-refractivity contribution in [2.45, 2.75) is 45.3 Å². The molecule has 1 aromatic rings. The number of ether oxygens (including phenoxy) is 1. The Hall–Kier alpha value is -1.10. The normalized spacial score (nSPS) is 18.5. The van der Waals surface area contributed by atoms with Crippen molar-refractivity contribution in [2.75, 3.05) is 19.7 Å². The van der Waals surface area contributed by atoms with Gasteiger partial charge in [-0.1, -0.05) is 19.1 Å². The molecule has 1 fully saturated rings. The molecule has 2 rings (SSSR count). The summed E-state index contributed by atoms with van der Waals surface area (Å²) in [5, 5.41) is 0. The average Bonchev–Trinajstić information content (AvgIpc) is 2.78. The molecule has 1 aliphatic rings. The molecule has 1 aliphatic heterocycles. The largest absolute Gasteiger partial charge is 0.378 e. The molecule has 1 aromatic carbocycles. The van der Waals surface area contributed by atoms with Crippen molar-refractivity contribution in [1.29, 1.82) is 0 Å². The first-order valence-electron chi connectivity index (χ1n) is 7.94. The standard InChI is InChI=1S/C17H26N2O2.ClH/c1-2-12-21-16-4-3-10-19(11-9-16)17(20)15-7-5-14(13-18)6-8-15;/h5-8,16H,2-4,9-13,18H2,1H3;1H. The van der Waals surface area contributed by atoms with Crippen LogP contribution in [0.15, 0.2) is 24.3 Å². The molecule has 0 bridgehead atoms. The van der Waals surface area contributed by atoms with Gasteiger partial charge in [-0.05, 0) is 43.4 Å². The minimum atomic E-state index is 0. The van der Waals surface area contributed by atoms with Crippen LogP contribution in [0.1, 0.15) is 48.5 Å². The fourth-order valence-electron chi connectivity index (χ4n) is 2.69. The van der Waals surface area contributed by atoms with Crippen LogP contribution in [-0.4, -0.2) is 36.6 Å². The third-order valence-electron chi connectivity index (χ3n) is 3.96. The maximum atomic E-state index is 12.5. The Kier molecular flexibility index (Phi) is 8.46. The van der Waals surface area contributed by atoms with Crippen LogP contribution in [0.4, 0.5) is 0 Å². The first-order valence-corrected chi connectivity index (χ1v) is 7.94. The van der Waals surface area contributed by atoms with Gasteiger partial charge in [-0.2, -0.15) is 0 Å². The zero-order valence-corrected chi connectivity index (χ0v) is 14.1. The van der Waals surface area contributed by atoms with E-state index in [0.29, 0.717) is 12.6 Å². The van der Waals surface area contributed by atoms with E-state index in [2.05, 4.69) is 6.92 Å². The highest BCUT2D eigenvalue weighted by Crippen LogP contribution is 2.17. The van der Waals surface area contributed by atoms with Gasteiger partial charge < -0.3 is 15.4 Å². The third kappa shape index (κ3) is 5.27. The lowest BCUT2D eigenvalue weighted by Crippen LogP contribution is -2.32. The molecule has 1 heterocycles. The number of rotatable bonds is 5. The van der Waals surface area contributed by atoms with E-state index in [-0.39, 0.29) is 18.3 Å². The van der Waals surface area contributed by atoms with Gasteiger partial charge in [0.05, 0.1) is 6.10 Å². The second kappa shape index (κ2) is 9.82. The number of benzene rings is 1. The molecule has 1 amide bonds. The van der Waals surface area contributed by atoms with Gasteiger partial charge in [0.2, 0.25) is 0 Å². The summed E-state index contributed by atoms with van der Waals surface area (Å²) in [4.78, 5) is 14.5. The molecule has 0 aliphatic carbocycles. The summed E-state index contributed by atoms with van der Waals surface area (Å²) in [7, 11) is 0. The Bertz CT molecular complexity index is 450. The van der Waals surface area contributed by atoms with Gasteiger partial charge >= 0.3 is 0 Å². The number of amides is 1. The van der Waals surface area contributed by atoms with Crippen LogP contribution in [0.2, 0.25) is 0 Å². The summed E-state index contributed by atoms with van der Waals surface area (Å²) in [6, 6.07) is 7.61. The van der Waals surface area contributed by atoms with Gasteiger partial charge in [0.25, 0.3) is 5.91 Å². The van der Waals surface area contributed by atoms with Crippen molar-refractivity contribution in [1.82, 2.24) is 4.90 Å². The zero-order chi connectivity index (χ0) is 15.1. The van der Waals surface area contributed by atoms with E-state index in [1.807, 2.05) is 29.2 Å². The minimum Gasteiger partial charge on any atom is -0.378 e. The smallest absolute Gasteiger partial charge is 0.253 e. The van der Waals surface area contributed by atoms with E-state index in [1.54, 1.807) is 0 Å². The van der Waals surface area contributed by atoms with Crippen molar-refractivity contribution in [3.05, 3.63) is 35.4 Å². The number of hydrogen-bond donors (Lipinski definition) is 1. The third-order valence-corrected chi connectivity index (χ3v) is 3.96. The fourth-order valence-corrected chi connectivity index (χ4v) is 2.69.